The largest absolute Gasteiger partial charge is 0.399 e. The summed E-state index contributed by atoms with van der Waals surface area (Å²) in [5.74, 6) is -0.762. The van der Waals surface area contributed by atoms with Gasteiger partial charge in [-0.25, -0.2) is 4.39 Å². The van der Waals surface area contributed by atoms with E-state index in [1.807, 2.05) is 0 Å². The van der Waals surface area contributed by atoms with Gasteiger partial charge in [0.15, 0.2) is 0 Å². The van der Waals surface area contributed by atoms with Gasteiger partial charge in [-0.3, -0.25) is 9.69 Å². The molecule has 1 heterocycles. The molecule has 102 valence electrons. The maximum atomic E-state index is 13.7. The lowest BCUT2D eigenvalue weighted by Crippen LogP contribution is -2.49. The highest BCUT2D eigenvalue weighted by atomic mass is 19.1. The Morgan fingerprint density at radius 1 is 1.21 bits per heavy atom. The van der Waals surface area contributed by atoms with Crippen LogP contribution in [0.4, 0.5) is 10.1 Å². The molecule has 0 aromatic heterocycles. The van der Waals surface area contributed by atoms with Crippen LogP contribution in [0.1, 0.15) is 23.2 Å². The highest BCUT2D eigenvalue weighted by Crippen LogP contribution is 2.27. The summed E-state index contributed by atoms with van der Waals surface area (Å²) in [7, 11) is 0. The summed E-state index contributed by atoms with van der Waals surface area (Å²) < 4.78 is 13.7. The summed E-state index contributed by atoms with van der Waals surface area (Å²) in [5, 5.41) is 0. The number of piperazine rings is 1. The van der Waals surface area contributed by atoms with Crippen LogP contribution in [0.25, 0.3) is 0 Å². The Kier molecular flexibility index (Phi) is 3.14. The van der Waals surface area contributed by atoms with E-state index in [1.165, 1.54) is 25.0 Å². The lowest BCUT2D eigenvalue weighted by molar-refractivity contribution is 0.0623. The van der Waals surface area contributed by atoms with E-state index in [-0.39, 0.29) is 11.5 Å². The van der Waals surface area contributed by atoms with Crippen LogP contribution in [0.15, 0.2) is 18.2 Å². The predicted molar refractivity (Wildman–Crippen MR) is 71.3 cm³/mol. The minimum absolute atomic E-state index is 0.120. The fourth-order valence-corrected chi connectivity index (χ4v) is 2.60. The van der Waals surface area contributed by atoms with Gasteiger partial charge in [0.2, 0.25) is 0 Å². The average molecular weight is 263 g/mol. The molecule has 1 aromatic rings. The van der Waals surface area contributed by atoms with Crippen molar-refractivity contribution < 1.29 is 9.18 Å². The highest BCUT2D eigenvalue weighted by Gasteiger charge is 2.32. The van der Waals surface area contributed by atoms with Crippen molar-refractivity contribution in [2.24, 2.45) is 0 Å². The maximum Gasteiger partial charge on any atom is 0.256 e. The molecule has 2 fully saturated rings. The van der Waals surface area contributed by atoms with E-state index >= 15 is 0 Å². The minimum atomic E-state index is -0.533. The van der Waals surface area contributed by atoms with Gasteiger partial charge in [-0.2, -0.15) is 0 Å². The van der Waals surface area contributed by atoms with Crippen molar-refractivity contribution in [3.8, 4) is 0 Å². The van der Waals surface area contributed by atoms with Crippen molar-refractivity contribution in [1.82, 2.24) is 9.80 Å². The number of rotatable bonds is 2. The lowest BCUT2D eigenvalue weighted by Gasteiger charge is -2.34. The normalized spacial score (nSPS) is 20.6. The van der Waals surface area contributed by atoms with E-state index in [4.69, 9.17) is 5.73 Å². The molecular weight excluding hydrogens is 245 g/mol. The molecule has 0 radical (unpaired) electrons. The Morgan fingerprint density at radius 2 is 1.89 bits per heavy atom. The molecule has 1 aromatic carbocycles. The number of nitrogen functional groups attached to an aromatic ring is 1. The van der Waals surface area contributed by atoms with Crippen LogP contribution in [0, 0.1) is 5.82 Å². The zero-order valence-corrected chi connectivity index (χ0v) is 10.8. The third-order valence-electron chi connectivity index (χ3n) is 3.89. The summed E-state index contributed by atoms with van der Waals surface area (Å²) >= 11 is 0. The number of anilines is 1. The minimum Gasteiger partial charge on any atom is -0.399 e. The van der Waals surface area contributed by atoms with Crippen LogP contribution in [-0.4, -0.2) is 47.9 Å². The molecule has 2 aliphatic rings. The van der Waals surface area contributed by atoms with Crippen molar-refractivity contribution in [2.45, 2.75) is 18.9 Å². The first kappa shape index (κ1) is 12.4. The Morgan fingerprint density at radius 3 is 2.47 bits per heavy atom. The van der Waals surface area contributed by atoms with Gasteiger partial charge in [0, 0.05) is 37.9 Å². The Bertz CT molecular complexity index is 493. The van der Waals surface area contributed by atoms with E-state index in [0.717, 1.165) is 19.1 Å². The first-order valence-electron chi connectivity index (χ1n) is 6.73. The molecule has 1 saturated carbocycles. The van der Waals surface area contributed by atoms with Gasteiger partial charge >= 0.3 is 0 Å². The Hall–Kier alpha value is -1.62. The van der Waals surface area contributed by atoms with Crippen molar-refractivity contribution in [3.63, 3.8) is 0 Å². The Labute approximate surface area is 112 Å². The van der Waals surface area contributed by atoms with Gasteiger partial charge in [0.25, 0.3) is 5.91 Å². The van der Waals surface area contributed by atoms with Crippen molar-refractivity contribution >= 4 is 11.6 Å². The maximum absolute atomic E-state index is 13.7. The molecule has 1 saturated heterocycles. The molecule has 0 unspecified atom stereocenters. The SMILES string of the molecule is Nc1ccc(C(=O)N2CCN(C3CC3)CC2)c(F)c1. The molecule has 0 spiro atoms. The summed E-state index contributed by atoms with van der Waals surface area (Å²) in [5.41, 5.74) is 5.95. The standard InChI is InChI=1S/C14H18FN3O/c15-13-9-10(16)1-4-12(13)14(19)18-7-5-17(6-8-18)11-2-3-11/h1,4,9,11H,2-3,5-8,16H2. The van der Waals surface area contributed by atoms with Crippen molar-refractivity contribution in [2.75, 3.05) is 31.9 Å². The third kappa shape index (κ3) is 2.56. The summed E-state index contributed by atoms with van der Waals surface area (Å²) in [6.45, 7) is 3.15. The first-order valence-corrected chi connectivity index (χ1v) is 6.73. The first-order chi connectivity index (χ1) is 9.15. The van der Waals surface area contributed by atoms with Crippen LogP contribution < -0.4 is 5.73 Å². The van der Waals surface area contributed by atoms with Gasteiger partial charge < -0.3 is 10.6 Å². The molecule has 19 heavy (non-hydrogen) atoms. The van der Waals surface area contributed by atoms with E-state index in [0.29, 0.717) is 18.8 Å². The second-order valence-electron chi connectivity index (χ2n) is 5.30. The second-order valence-corrected chi connectivity index (χ2v) is 5.30. The number of amides is 1. The summed E-state index contributed by atoms with van der Waals surface area (Å²) in [6, 6.07) is 4.97. The number of nitrogens with zero attached hydrogens (tertiary/aromatic N) is 2. The van der Waals surface area contributed by atoms with Crippen LogP contribution in [0.2, 0.25) is 0 Å². The van der Waals surface area contributed by atoms with Gasteiger partial charge in [-0.05, 0) is 31.0 Å². The number of carbonyl (C=O) groups is 1. The van der Waals surface area contributed by atoms with Crippen LogP contribution >= 0.6 is 0 Å². The van der Waals surface area contributed by atoms with Crippen LogP contribution in [-0.2, 0) is 0 Å². The van der Waals surface area contributed by atoms with Crippen LogP contribution in [0.5, 0.6) is 0 Å². The number of hydrogen-bond acceptors (Lipinski definition) is 3. The summed E-state index contributed by atoms with van der Waals surface area (Å²) in [6.07, 6.45) is 2.56. The zero-order chi connectivity index (χ0) is 13.4. The number of nitrogens with two attached hydrogens (primary N) is 1. The second kappa shape index (κ2) is 4.81. The average Bonchev–Trinajstić information content (AvgIpc) is 3.22. The van der Waals surface area contributed by atoms with Gasteiger partial charge in [-0.15, -0.1) is 0 Å². The molecule has 0 atom stereocenters. The fourth-order valence-electron chi connectivity index (χ4n) is 2.60. The van der Waals surface area contributed by atoms with Crippen molar-refractivity contribution in [3.05, 3.63) is 29.6 Å². The molecule has 1 aliphatic heterocycles. The molecule has 1 aliphatic carbocycles. The quantitative estimate of drug-likeness (QED) is 0.819. The van der Waals surface area contributed by atoms with Gasteiger partial charge in [-0.1, -0.05) is 0 Å². The smallest absolute Gasteiger partial charge is 0.256 e. The Balaban J connectivity index is 1.67. The van der Waals surface area contributed by atoms with E-state index in [1.54, 1.807) is 11.0 Å². The number of halogens is 1. The fraction of sp³-hybridized carbons (Fsp3) is 0.500. The highest BCUT2D eigenvalue weighted by molar-refractivity contribution is 5.94. The van der Waals surface area contributed by atoms with Gasteiger partial charge in [0.05, 0.1) is 5.56 Å². The molecule has 2 N–H and O–H groups in total. The number of carbonyl (C=O) groups excluding carboxylic acids is 1. The van der Waals surface area contributed by atoms with E-state index in [2.05, 4.69) is 4.90 Å². The molecule has 4 nitrogen and oxygen atoms in total. The lowest BCUT2D eigenvalue weighted by atomic mass is 10.1. The van der Waals surface area contributed by atoms with E-state index < -0.39 is 5.82 Å². The van der Waals surface area contributed by atoms with Crippen LogP contribution in [0.3, 0.4) is 0 Å². The molecule has 3 rings (SSSR count). The third-order valence-corrected chi connectivity index (χ3v) is 3.89. The summed E-state index contributed by atoms with van der Waals surface area (Å²) in [4.78, 5) is 16.4. The molecule has 5 heteroatoms. The molecular formula is C14H18FN3O. The zero-order valence-electron chi connectivity index (χ0n) is 10.8. The molecule has 0 bridgehead atoms. The molecule has 1 amide bonds. The van der Waals surface area contributed by atoms with Crippen molar-refractivity contribution in [1.29, 1.82) is 0 Å². The number of hydrogen-bond donors (Lipinski definition) is 1. The predicted octanol–water partition coefficient (Wildman–Crippen LogP) is 1.33. The van der Waals surface area contributed by atoms with E-state index in [9.17, 15) is 9.18 Å². The topological polar surface area (TPSA) is 49.6 Å². The number of benzene rings is 1. The monoisotopic (exact) mass is 263 g/mol. The van der Waals surface area contributed by atoms with Gasteiger partial charge in [0.1, 0.15) is 5.82 Å².